The van der Waals surface area contributed by atoms with E-state index in [0.717, 1.165) is 18.9 Å². The SMILES string of the molecule is CCOc1cc(N(C)CC(C)CNC)ncn1. The molecule has 0 saturated carbocycles. The van der Waals surface area contributed by atoms with Gasteiger partial charge in [0.1, 0.15) is 12.1 Å². The fourth-order valence-corrected chi connectivity index (χ4v) is 1.74. The summed E-state index contributed by atoms with van der Waals surface area (Å²) in [6, 6.07) is 1.87. The molecule has 0 aromatic carbocycles. The summed E-state index contributed by atoms with van der Waals surface area (Å²) in [5.74, 6) is 2.09. The predicted molar refractivity (Wildman–Crippen MR) is 69.6 cm³/mol. The third-order valence-corrected chi connectivity index (χ3v) is 2.45. The smallest absolute Gasteiger partial charge is 0.218 e. The number of ether oxygens (including phenoxy) is 1. The highest BCUT2D eigenvalue weighted by Gasteiger charge is 2.08. The van der Waals surface area contributed by atoms with E-state index < -0.39 is 0 Å². The van der Waals surface area contributed by atoms with Crippen molar-refractivity contribution in [3.8, 4) is 5.88 Å². The van der Waals surface area contributed by atoms with Gasteiger partial charge in [-0.1, -0.05) is 6.92 Å². The van der Waals surface area contributed by atoms with Gasteiger partial charge in [-0.25, -0.2) is 9.97 Å². The molecule has 0 aliphatic rings. The van der Waals surface area contributed by atoms with E-state index in [9.17, 15) is 0 Å². The molecular formula is C12H22N4O. The van der Waals surface area contributed by atoms with E-state index in [1.807, 2.05) is 27.1 Å². The maximum Gasteiger partial charge on any atom is 0.218 e. The van der Waals surface area contributed by atoms with E-state index in [1.165, 1.54) is 0 Å². The second kappa shape index (κ2) is 7.06. The van der Waals surface area contributed by atoms with Gasteiger partial charge in [-0.05, 0) is 26.4 Å². The molecule has 0 aliphatic heterocycles. The molecule has 1 aromatic rings. The van der Waals surface area contributed by atoms with Crippen molar-refractivity contribution >= 4 is 5.82 Å². The average molecular weight is 238 g/mol. The highest BCUT2D eigenvalue weighted by Crippen LogP contribution is 2.15. The molecule has 0 saturated heterocycles. The molecule has 96 valence electrons. The maximum atomic E-state index is 5.36. The van der Waals surface area contributed by atoms with Crippen LogP contribution >= 0.6 is 0 Å². The third-order valence-electron chi connectivity index (χ3n) is 2.45. The van der Waals surface area contributed by atoms with Gasteiger partial charge in [-0.3, -0.25) is 0 Å². The summed E-state index contributed by atoms with van der Waals surface area (Å²) in [6.07, 6.45) is 1.54. The van der Waals surface area contributed by atoms with Gasteiger partial charge in [0.05, 0.1) is 6.61 Å². The number of hydrogen-bond donors (Lipinski definition) is 1. The van der Waals surface area contributed by atoms with Crippen molar-refractivity contribution in [1.29, 1.82) is 0 Å². The van der Waals surface area contributed by atoms with Gasteiger partial charge >= 0.3 is 0 Å². The highest BCUT2D eigenvalue weighted by molar-refractivity contribution is 5.39. The molecular weight excluding hydrogens is 216 g/mol. The largest absolute Gasteiger partial charge is 0.478 e. The number of anilines is 1. The maximum absolute atomic E-state index is 5.36. The first kappa shape index (κ1) is 13.7. The summed E-state index contributed by atoms with van der Waals surface area (Å²) in [5, 5.41) is 3.17. The molecule has 0 spiro atoms. The third kappa shape index (κ3) is 4.56. The molecule has 1 heterocycles. The summed E-state index contributed by atoms with van der Waals surface area (Å²) in [4.78, 5) is 10.4. The number of aromatic nitrogens is 2. The molecule has 1 unspecified atom stereocenters. The number of rotatable bonds is 7. The van der Waals surface area contributed by atoms with E-state index in [1.54, 1.807) is 6.33 Å². The first-order chi connectivity index (χ1) is 8.17. The highest BCUT2D eigenvalue weighted by atomic mass is 16.5. The van der Waals surface area contributed by atoms with Gasteiger partial charge in [0, 0.05) is 19.7 Å². The van der Waals surface area contributed by atoms with E-state index in [2.05, 4.69) is 27.1 Å². The summed E-state index contributed by atoms with van der Waals surface area (Å²) < 4.78 is 5.36. The monoisotopic (exact) mass is 238 g/mol. The van der Waals surface area contributed by atoms with Crippen LogP contribution < -0.4 is 15.0 Å². The van der Waals surface area contributed by atoms with Gasteiger partial charge in [-0.15, -0.1) is 0 Å². The Morgan fingerprint density at radius 2 is 2.24 bits per heavy atom. The zero-order chi connectivity index (χ0) is 12.7. The Labute approximate surface area is 103 Å². The Hall–Kier alpha value is -1.36. The quantitative estimate of drug-likeness (QED) is 0.772. The van der Waals surface area contributed by atoms with Crippen LogP contribution in [0, 0.1) is 5.92 Å². The fraction of sp³-hybridized carbons (Fsp3) is 0.667. The normalized spacial score (nSPS) is 12.2. The second-order valence-corrected chi connectivity index (χ2v) is 4.19. The van der Waals surface area contributed by atoms with Crippen LogP contribution in [0.25, 0.3) is 0 Å². The molecule has 0 bridgehead atoms. The molecule has 0 amide bonds. The van der Waals surface area contributed by atoms with Crippen molar-refractivity contribution in [2.24, 2.45) is 5.92 Å². The van der Waals surface area contributed by atoms with Crippen LogP contribution in [0.1, 0.15) is 13.8 Å². The second-order valence-electron chi connectivity index (χ2n) is 4.19. The Morgan fingerprint density at radius 1 is 1.47 bits per heavy atom. The Morgan fingerprint density at radius 3 is 2.88 bits per heavy atom. The Kier molecular flexibility index (Phi) is 5.69. The van der Waals surface area contributed by atoms with E-state index >= 15 is 0 Å². The lowest BCUT2D eigenvalue weighted by Gasteiger charge is -2.22. The van der Waals surface area contributed by atoms with Crippen LogP contribution in [0.3, 0.4) is 0 Å². The van der Waals surface area contributed by atoms with Crippen LogP contribution in [0.4, 0.5) is 5.82 Å². The number of nitrogens with one attached hydrogen (secondary N) is 1. The minimum Gasteiger partial charge on any atom is -0.478 e. The summed E-state index contributed by atoms with van der Waals surface area (Å²) in [5.41, 5.74) is 0. The van der Waals surface area contributed by atoms with Crippen molar-refractivity contribution in [2.45, 2.75) is 13.8 Å². The minimum absolute atomic E-state index is 0.565. The molecule has 1 rings (SSSR count). The van der Waals surface area contributed by atoms with Crippen molar-refractivity contribution in [2.75, 3.05) is 38.7 Å². The standard InChI is InChI=1S/C12H22N4O/c1-5-17-12-6-11(14-9-15-12)16(4)8-10(2)7-13-3/h6,9-10,13H,5,7-8H2,1-4H3. The zero-order valence-electron chi connectivity index (χ0n) is 11.1. The first-order valence-corrected chi connectivity index (χ1v) is 5.98. The van der Waals surface area contributed by atoms with Crippen molar-refractivity contribution in [3.63, 3.8) is 0 Å². The summed E-state index contributed by atoms with van der Waals surface area (Å²) in [6.45, 7) is 6.71. The van der Waals surface area contributed by atoms with E-state index in [0.29, 0.717) is 18.4 Å². The van der Waals surface area contributed by atoms with E-state index in [4.69, 9.17) is 4.74 Å². The van der Waals surface area contributed by atoms with E-state index in [-0.39, 0.29) is 0 Å². The molecule has 1 N–H and O–H groups in total. The molecule has 1 atom stereocenters. The predicted octanol–water partition coefficient (Wildman–Crippen LogP) is 1.17. The molecule has 5 nitrogen and oxygen atoms in total. The molecule has 1 aromatic heterocycles. The molecule has 5 heteroatoms. The number of hydrogen-bond acceptors (Lipinski definition) is 5. The lowest BCUT2D eigenvalue weighted by atomic mass is 10.1. The van der Waals surface area contributed by atoms with Crippen LogP contribution in [0.15, 0.2) is 12.4 Å². The fourth-order valence-electron chi connectivity index (χ4n) is 1.74. The summed E-state index contributed by atoms with van der Waals surface area (Å²) in [7, 11) is 4.00. The molecule has 17 heavy (non-hydrogen) atoms. The zero-order valence-corrected chi connectivity index (χ0v) is 11.1. The van der Waals surface area contributed by atoms with Gasteiger partial charge in [-0.2, -0.15) is 0 Å². The Balaban J connectivity index is 2.61. The van der Waals surface area contributed by atoms with Crippen molar-refractivity contribution < 1.29 is 4.74 Å². The lowest BCUT2D eigenvalue weighted by Crippen LogP contribution is -2.30. The van der Waals surface area contributed by atoms with Crippen molar-refractivity contribution in [1.82, 2.24) is 15.3 Å². The lowest BCUT2D eigenvalue weighted by molar-refractivity contribution is 0.326. The van der Waals surface area contributed by atoms with Crippen LogP contribution in [0.2, 0.25) is 0 Å². The summed E-state index contributed by atoms with van der Waals surface area (Å²) >= 11 is 0. The first-order valence-electron chi connectivity index (χ1n) is 5.98. The van der Waals surface area contributed by atoms with Gasteiger partial charge in [0.15, 0.2) is 0 Å². The van der Waals surface area contributed by atoms with Crippen LogP contribution in [-0.2, 0) is 0 Å². The van der Waals surface area contributed by atoms with Gasteiger partial charge in [0.2, 0.25) is 5.88 Å². The van der Waals surface area contributed by atoms with Crippen LogP contribution in [-0.4, -0.2) is 43.8 Å². The molecule has 0 aliphatic carbocycles. The Bertz CT molecular complexity index is 332. The topological polar surface area (TPSA) is 50.3 Å². The van der Waals surface area contributed by atoms with Gasteiger partial charge < -0.3 is 15.0 Å². The van der Waals surface area contributed by atoms with Crippen molar-refractivity contribution in [3.05, 3.63) is 12.4 Å². The molecule has 0 fully saturated rings. The number of nitrogens with zero attached hydrogens (tertiary/aromatic N) is 3. The molecule has 0 radical (unpaired) electrons. The van der Waals surface area contributed by atoms with Gasteiger partial charge in [0.25, 0.3) is 0 Å². The van der Waals surface area contributed by atoms with Crippen LogP contribution in [0.5, 0.6) is 5.88 Å². The minimum atomic E-state index is 0.565. The average Bonchev–Trinajstić information content (AvgIpc) is 2.30.